The first kappa shape index (κ1) is 16.6. The van der Waals surface area contributed by atoms with E-state index in [1.807, 2.05) is 13.8 Å². The van der Waals surface area contributed by atoms with Crippen LogP contribution in [-0.4, -0.2) is 6.10 Å². The number of hydrogen-bond donors (Lipinski definition) is 0. The molecule has 2 aromatic heterocycles. The molecule has 1 aliphatic rings. The van der Waals surface area contributed by atoms with Crippen molar-refractivity contribution in [2.75, 3.05) is 0 Å². The fraction of sp³-hybridized carbons (Fsp3) is 0.300. The molecule has 0 amide bonds. The van der Waals surface area contributed by atoms with E-state index in [-0.39, 0.29) is 33.6 Å². The molecule has 1 aliphatic heterocycles. The van der Waals surface area contributed by atoms with Crippen LogP contribution in [0.4, 0.5) is 4.39 Å². The number of rotatable bonds is 2. The van der Waals surface area contributed by atoms with Crippen LogP contribution in [0.3, 0.4) is 0 Å². The molecule has 3 heterocycles. The Morgan fingerprint density at radius 1 is 1.19 bits per heavy atom. The van der Waals surface area contributed by atoms with E-state index in [2.05, 4.69) is 6.08 Å². The van der Waals surface area contributed by atoms with Gasteiger partial charge in [-0.05, 0) is 32.4 Å². The fourth-order valence-corrected chi connectivity index (χ4v) is 3.36. The third kappa shape index (κ3) is 2.29. The molecule has 0 spiro atoms. The Morgan fingerprint density at radius 2 is 1.96 bits per heavy atom. The molecule has 26 heavy (non-hydrogen) atoms. The maximum absolute atomic E-state index is 14.6. The molecule has 0 saturated carbocycles. The fourth-order valence-electron chi connectivity index (χ4n) is 3.36. The van der Waals surface area contributed by atoms with Crippen LogP contribution in [0.15, 0.2) is 30.6 Å². The van der Waals surface area contributed by atoms with Gasteiger partial charge in [0.15, 0.2) is 16.6 Å². The van der Waals surface area contributed by atoms with Crippen LogP contribution in [0.1, 0.15) is 37.2 Å². The van der Waals surface area contributed by atoms with E-state index in [0.717, 1.165) is 0 Å². The van der Waals surface area contributed by atoms with Crippen LogP contribution in [0.25, 0.3) is 21.9 Å². The molecule has 5 nitrogen and oxygen atoms in total. The van der Waals surface area contributed by atoms with Gasteiger partial charge in [0.25, 0.3) is 0 Å². The Bertz CT molecular complexity index is 1200. The highest BCUT2D eigenvalue weighted by atomic mass is 19.1. The van der Waals surface area contributed by atoms with E-state index in [0.29, 0.717) is 35.3 Å². The third-order valence-corrected chi connectivity index (χ3v) is 4.41. The van der Waals surface area contributed by atoms with Gasteiger partial charge < -0.3 is 13.6 Å². The molecule has 3 aromatic rings. The highest BCUT2D eigenvalue weighted by Crippen LogP contribution is 2.41. The lowest BCUT2D eigenvalue weighted by molar-refractivity contribution is 0.265. The molecule has 133 valence electrons. The quantitative estimate of drug-likeness (QED) is 0.517. The Hall–Kier alpha value is -2.89. The van der Waals surface area contributed by atoms with Gasteiger partial charge in [0.1, 0.15) is 23.0 Å². The predicted molar refractivity (Wildman–Crippen MR) is 94.2 cm³/mol. The SMILES string of the molecule is CCCc1c(F)c(=O)oc2c1c1c(c3oc(C)cc(=O)c32)[C]=CC(C)O1. The lowest BCUT2D eigenvalue weighted by atomic mass is 9.96. The molecular weight excluding hydrogens is 339 g/mol. The number of benzene rings is 1. The van der Waals surface area contributed by atoms with Crippen molar-refractivity contribution in [1.82, 2.24) is 0 Å². The van der Waals surface area contributed by atoms with Crippen LogP contribution in [0, 0.1) is 18.8 Å². The van der Waals surface area contributed by atoms with E-state index < -0.39 is 11.4 Å². The maximum Gasteiger partial charge on any atom is 0.372 e. The molecule has 1 unspecified atom stereocenters. The summed E-state index contributed by atoms with van der Waals surface area (Å²) < 4.78 is 31.4. The van der Waals surface area contributed by atoms with Crippen LogP contribution >= 0.6 is 0 Å². The van der Waals surface area contributed by atoms with Gasteiger partial charge in [-0.1, -0.05) is 13.3 Å². The van der Waals surface area contributed by atoms with Crippen molar-refractivity contribution < 1.29 is 18.0 Å². The molecule has 1 atom stereocenters. The van der Waals surface area contributed by atoms with Crippen molar-refractivity contribution in [1.29, 1.82) is 0 Å². The molecule has 0 N–H and O–H groups in total. The highest BCUT2D eigenvalue weighted by molar-refractivity contribution is 6.08. The number of aryl methyl sites for hydroxylation is 2. The Morgan fingerprint density at radius 3 is 2.69 bits per heavy atom. The van der Waals surface area contributed by atoms with Gasteiger partial charge in [-0.15, -0.1) is 0 Å². The Labute approximate surface area is 147 Å². The van der Waals surface area contributed by atoms with Crippen molar-refractivity contribution in [2.24, 2.45) is 0 Å². The van der Waals surface area contributed by atoms with Gasteiger partial charge in [-0.3, -0.25) is 4.79 Å². The molecule has 0 fully saturated rings. The molecule has 0 aliphatic carbocycles. The summed E-state index contributed by atoms with van der Waals surface area (Å²) in [4.78, 5) is 24.7. The smallest absolute Gasteiger partial charge is 0.372 e. The topological polar surface area (TPSA) is 69.7 Å². The molecular formula is C20H16FO5. The lowest BCUT2D eigenvalue weighted by Gasteiger charge is -2.22. The zero-order chi connectivity index (χ0) is 18.6. The third-order valence-electron chi connectivity index (χ3n) is 4.41. The average Bonchev–Trinajstić information content (AvgIpc) is 2.58. The lowest BCUT2D eigenvalue weighted by Crippen LogP contribution is -2.17. The van der Waals surface area contributed by atoms with Gasteiger partial charge in [0, 0.05) is 11.6 Å². The largest absolute Gasteiger partial charge is 0.485 e. The minimum Gasteiger partial charge on any atom is -0.485 e. The molecule has 0 bridgehead atoms. The van der Waals surface area contributed by atoms with Crippen molar-refractivity contribution >= 4 is 21.9 Å². The molecule has 4 rings (SSSR count). The van der Waals surface area contributed by atoms with Crippen molar-refractivity contribution in [3.63, 3.8) is 0 Å². The second-order valence-corrected chi connectivity index (χ2v) is 6.40. The van der Waals surface area contributed by atoms with Gasteiger partial charge >= 0.3 is 5.63 Å². The molecule has 6 heteroatoms. The summed E-state index contributed by atoms with van der Waals surface area (Å²) in [5.41, 5.74) is -0.638. The maximum atomic E-state index is 14.6. The van der Waals surface area contributed by atoms with Crippen LogP contribution in [-0.2, 0) is 6.42 Å². The second-order valence-electron chi connectivity index (χ2n) is 6.40. The van der Waals surface area contributed by atoms with Crippen LogP contribution in [0.5, 0.6) is 5.75 Å². The van der Waals surface area contributed by atoms with Crippen LogP contribution in [0.2, 0.25) is 0 Å². The van der Waals surface area contributed by atoms with E-state index in [4.69, 9.17) is 13.6 Å². The zero-order valence-electron chi connectivity index (χ0n) is 14.6. The van der Waals surface area contributed by atoms with Crippen molar-refractivity contribution in [3.05, 3.63) is 61.6 Å². The first-order valence-corrected chi connectivity index (χ1v) is 8.44. The van der Waals surface area contributed by atoms with E-state index in [1.54, 1.807) is 13.0 Å². The Balaban J connectivity index is 2.35. The zero-order valence-corrected chi connectivity index (χ0v) is 14.6. The number of ether oxygens (including phenoxy) is 1. The summed E-state index contributed by atoms with van der Waals surface area (Å²) in [6, 6.07) is 1.31. The molecule has 1 aromatic carbocycles. The first-order valence-electron chi connectivity index (χ1n) is 8.44. The first-order chi connectivity index (χ1) is 12.4. The molecule has 0 saturated heterocycles. The van der Waals surface area contributed by atoms with Gasteiger partial charge in [0.2, 0.25) is 5.82 Å². The summed E-state index contributed by atoms with van der Waals surface area (Å²) in [6.45, 7) is 5.34. The second kappa shape index (κ2) is 5.83. The summed E-state index contributed by atoms with van der Waals surface area (Å²) in [6.07, 6.45) is 5.40. The summed E-state index contributed by atoms with van der Waals surface area (Å²) in [5.74, 6) is -0.228. The van der Waals surface area contributed by atoms with Gasteiger partial charge in [-0.2, -0.15) is 4.39 Å². The molecule has 1 radical (unpaired) electrons. The normalized spacial score (nSPS) is 16.1. The monoisotopic (exact) mass is 355 g/mol. The van der Waals surface area contributed by atoms with E-state index in [9.17, 15) is 14.0 Å². The highest BCUT2D eigenvalue weighted by Gasteiger charge is 2.28. The number of fused-ring (bicyclic) bond motifs is 6. The van der Waals surface area contributed by atoms with Gasteiger partial charge in [-0.25, -0.2) is 4.79 Å². The number of hydrogen-bond acceptors (Lipinski definition) is 5. The van der Waals surface area contributed by atoms with Crippen molar-refractivity contribution in [2.45, 2.75) is 39.7 Å². The van der Waals surface area contributed by atoms with Crippen LogP contribution < -0.4 is 15.8 Å². The standard InChI is InChI=1S/C20H16FO5/c1-4-5-11-14-17-12(7-6-9(2)24-17)18-15(13(22)8-10(3)25-18)19(14)26-20(23)16(11)21/h6,8-9H,4-5H2,1-3H3. The summed E-state index contributed by atoms with van der Waals surface area (Å²) in [7, 11) is 0. The van der Waals surface area contributed by atoms with E-state index in [1.165, 1.54) is 6.07 Å². The Kier molecular flexibility index (Phi) is 3.72. The number of halogens is 1. The average molecular weight is 355 g/mol. The predicted octanol–water partition coefficient (Wildman–Crippen LogP) is 3.79. The summed E-state index contributed by atoms with van der Waals surface area (Å²) in [5, 5.41) is 0.396. The minimum absolute atomic E-state index is 0.00162. The van der Waals surface area contributed by atoms with E-state index >= 15 is 0 Å². The van der Waals surface area contributed by atoms with Gasteiger partial charge in [0.05, 0.1) is 10.9 Å². The minimum atomic E-state index is -1.11. The van der Waals surface area contributed by atoms with Crippen molar-refractivity contribution in [3.8, 4) is 5.75 Å². The summed E-state index contributed by atoms with van der Waals surface area (Å²) >= 11 is 0.